The van der Waals surface area contributed by atoms with Crippen molar-refractivity contribution in [3.05, 3.63) is 0 Å². The van der Waals surface area contributed by atoms with Crippen molar-refractivity contribution >= 4 is 5.91 Å². The normalized spacial score (nSPS) is 20.1. The summed E-state index contributed by atoms with van der Waals surface area (Å²) in [5.41, 5.74) is 0.230. The first-order valence-electron chi connectivity index (χ1n) is 7.90. The van der Waals surface area contributed by atoms with Crippen LogP contribution in [0.4, 0.5) is 0 Å². The van der Waals surface area contributed by atoms with Crippen LogP contribution in [0, 0.1) is 16.7 Å². The Morgan fingerprint density at radius 2 is 1.58 bits per heavy atom. The standard InChI is InChI=1S/C17H33NO/c1-16(2,3)12-14(17(4,5)6)15(19)18-13-10-8-7-9-11-13/h13-14H,7-12H2,1-6H3,(H,18,19). The van der Waals surface area contributed by atoms with E-state index in [2.05, 4.69) is 46.9 Å². The summed E-state index contributed by atoms with van der Waals surface area (Å²) in [5.74, 6) is 0.378. The van der Waals surface area contributed by atoms with E-state index in [1.54, 1.807) is 0 Å². The van der Waals surface area contributed by atoms with Gasteiger partial charge in [0.15, 0.2) is 0 Å². The first-order valence-corrected chi connectivity index (χ1v) is 7.90. The molecule has 0 heterocycles. The highest BCUT2D eigenvalue weighted by Gasteiger charge is 2.35. The largest absolute Gasteiger partial charge is 0.353 e. The van der Waals surface area contributed by atoms with Gasteiger partial charge < -0.3 is 5.32 Å². The highest BCUT2D eigenvalue weighted by molar-refractivity contribution is 5.79. The fourth-order valence-corrected chi connectivity index (χ4v) is 2.95. The van der Waals surface area contributed by atoms with Gasteiger partial charge in [-0.1, -0.05) is 60.8 Å². The molecule has 0 aliphatic heterocycles. The lowest BCUT2D eigenvalue weighted by Crippen LogP contribution is -2.45. The number of nitrogens with one attached hydrogen (secondary N) is 1. The van der Waals surface area contributed by atoms with Crippen LogP contribution in [-0.4, -0.2) is 11.9 Å². The van der Waals surface area contributed by atoms with Crippen LogP contribution < -0.4 is 5.32 Å². The molecule has 1 fully saturated rings. The molecule has 2 nitrogen and oxygen atoms in total. The first kappa shape index (κ1) is 16.5. The smallest absolute Gasteiger partial charge is 0.223 e. The summed E-state index contributed by atoms with van der Waals surface area (Å²) in [4.78, 5) is 12.6. The summed E-state index contributed by atoms with van der Waals surface area (Å²) in [6, 6.07) is 0.422. The molecular formula is C17H33NO. The third-order valence-corrected chi connectivity index (χ3v) is 4.13. The van der Waals surface area contributed by atoms with Crippen LogP contribution in [0.2, 0.25) is 0 Å². The second-order valence-electron chi connectivity index (χ2n) is 8.53. The predicted molar refractivity (Wildman–Crippen MR) is 82.0 cm³/mol. The van der Waals surface area contributed by atoms with E-state index in [1.165, 1.54) is 19.3 Å². The highest BCUT2D eigenvalue weighted by Crippen LogP contribution is 2.36. The number of amides is 1. The van der Waals surface area contributed by atoms with Gasteiger partial charge in [0, 0.05) is 12.0 Å². The second kappa shape index (κ2) is 6.28. The minimum atomic E-state index is 0.0338. The van der Waals surface area contributed by atoms with E-state index in [9.17, 15) is 4.79 Å². The van der Waals surface area contributed by atoms with E-state index in [0.717, 1.165) is 19.3 Å². The zero-order chi connectivity index (χ0) is 14.7. The lowest BCUT2D eigenvalue weighted by atomic mass is 9.71. The van der Waals surface area contributed by atoms with E-state index in [4.69, 9.17) is 0 Å². The van der Waals surface area contributed by atoms with Crippen molar-refractivity contribution in [2.24, 2.45) is 16.7 Å². The lowest BCUT2D eigenvalue weighted by Gasteiger charge is -2.36. The van der Waals surface area contributed by atoms with E-state index >= 15 is 0 Å². The molecule has 1 aliphatic carbocycles. The van der Waals surface area contributed by atoms with Gasteiger partial charge in [0.2, 0.25) is 5.91 Å². The number of carbonyl (C=O) groups is 1. The molecule has 0 spiro atoms. The van der Waals surface area contributed by atoms with Gasteiger partial charge in [-0.25, -0.2) is 0 Å². The molecule has 1 N–H and O–H groups in total. The molecule has 1 amide bonds. The van der Waals surface area contributed by atoms with E-state index < -0.39 is 0 Å². The maximum Gasteiger partial charge on any atom is 0.223 e. The molecule has 1 saturated carbocycles. The van der Waals surface area contributed by atoms with Crippen molar-refractivity contribution in [2.45, 2.75) is 86.1 Å². The van der Waals surface area contributed by atoms with E-state index in [0.29, 0.717) is 6.04 Å². The number of carbonyl (C=O) groups excluding carboxylic acids is 1. The van der Waals surface area contributed by atoms with E-state index in [-0.39, 0.29) is 22.7 Å². The average Bonchev–Trinajstić information content (AvgIpc) is 2.24. The van der Waals surface area contributed by atoms with Crippen LogP contribution >= 0.6 is 0 Å². The molecule has 0 saturated heterocycles. The van der Waals surface area contributed by atoms with Crippen molar-refractivity contribution in [1.29, 1.82) is 0 Å². The van der Waals surface area contributed by atoms with Gasteiger partial charge in [-0.15, -0.1) is 0 Å². The molecule has 1 rings (SSSR count). The lowest BCUT2D eigenvalue weighted by molar-refractivity contribution is -0.130. The molecule has 0 bridgehead atoms. The molecular weight excluding hydrogens is 234 g/mol. The number of rotatable bonds is 3. The van der Waals surface area contributed by atoms with Gasteiger partial charge in [0.05, 0.1) is 0 Å². The fourth-order valence-electron chi connectivity index (χ4n) is 2.95. The van der Waals surface area contributed by atoms with Crippen LogP contribution in [0.3, 0.4) is 0 Å². The molecule has 1 atom stereocenters. The summed E-state index contributed by atoms with van der Waals surface area (Å²) in [6.07, 6.45) is 7.15. The Morgan fingerprint density at radius 1 is 1.05 bits per heavy atom. The predicted octanol–water partition coefficient (Wildman–Crippen LogP) is 4.53. The van der Waals surface area contributed by atoms with Crippen molar-refractivity contribution in [3.63, 3.8) is 0 Å². The van der Waals surface area contributed by atoms with Gasteiger partial charge >= 0.3 is 0 Å². The third kappa shape index (κ3) is 5.97. The fraction of sp³-hybridized carbons (Fsp3) is 0.941. The zero-order valence-corrected chi connectivity index (χ0v) is 13.8. The Balaban J connectivity index is 2.66. The summed E-state index contributed by atoms with van der Waals surface area (Å²) in [5, 5.41) is 3.31. The molecule has 0 aromatic carbocycles. The Bertz CT molecular complexity index is 289. The Kier molecular flexibility index (Phi) is 5.46. The first-order chi connectivity index (χ1) is 8.59. The molecule has 1 aliphatic rings. The summed E-state index contributed by atoms with van der Waals surface area (Å²) in [7, 11) is 0. The quantitative estimate of drug-likeness (QED) is 0.799. The van der Waals surface area contributed by atoms with Crippen molar-refractivity contribution in [3.8, 4) is 0 Å². The zero-order valence-electron chi connectivity index (χ0n) is 13.8. The van der Waals surface area contributed by atoms with Crippen molar-refractivity contribution in [2.75, 3.05) is 0 Å². The molecule has 19 heavy (non-hydrogen) atoms. The second-order valence-corrected chi connectivity index (χ2v) is 8.53. The van der Waals surface area contributed by atoms with Gasteiger partial charge in [-0.3, -0.25) is 4.79 Å². The van der Waals surface area contributed by atoms with Gasteiger partial charge in [0.25, 0.3) is 0 Å². The molecule has 1 unspecified atom stereocenters. The van der Waals surface area contributed by atoms with Gasteiger partial charge in [-0.05, 0) is 30.1 Å². The maximum atomic E-state index is 12.6. The Morgan fingerprint density at radius 3 is 2.00 bits per heavy atom. The SMILES string of the molecule is CC(C)(C)CC(C(=O)NC1CCCCC1)C(C)(C)C. The molecule has 0 aromatic rings. The minimum absolute atomic E-state index is 0.0338. The molecule has 0 aromatic heterocycles. The van der Waals surface area contributed by atoms with Gasteiger partial charge in [-0.2, -0.15) is 0 Å². The summed E-state index contributed by atoms with van der Waals surface area (Å²) < 4.78 is 0. The van der Waals surface area contributed by atoms with Crippen LogP contribution in [-0.2, 0) is 4.79 Å². The van der Waals surface area contributed by atoms with Crippen LogP contribution in [0.25, 0.3) is 0 Å². The van der Waals surface area contributed by atoms with Crippen molar-refractivity contribution < 1.29 is 4.79 Å². The van der Waals surface area contributed by atoms with Crippen LogP contribution in [0.15, 0.2) is 0 Å². The molecule has 0 radical (unpaired) electrons. The summed E-state index contributed by atoms with van der Waals surface area (Å²) in [6.45, 7) is 13.2. The average molecular weight is 267 g/mol. The third-order valence-electron chi connectivity index (χ3n) is 4.13. The maximum absolute atomic E-state index is 12.6. The number of hydrogen-bond donors (Lipinski definition) is 1. The van der Waals surface area contributed by atoms with Gasteiger partial charge in [0.1, 0.15) is 0 Å². The van der Waals surface area contributed by atoms with Crippen molar-refractivity contribution in [1.82, 2.24) is 5.32 Å². The van der Waals surface area contributed by atoms with Crippen LogP contribution in [0.5, 0.6) is 0 Å². The monoisotopic (exact) mass is 267 g/mol. The molecule has 112 valence electrons. The topological polar surface area (TPSA) is 29.1 Å². The molecule has 2 heteroatoms. The highest BCUT2D eigenvalue weighted by atomic mass is 16.2. The summed E-state index contributed by atoms with van der Waals surface area (Å²) >= 11 is 0. The number of hydrogen-bond acceptors (Lipinski definition) is 1. The minimum Gasteiger partial charge on any atom is -0.353 e. The van der Waals surface area contributed by atoms with E-state index in [1.807, 2.05) is 0 Å². The Labute approximate surface area is 119 Å². The van der Waals surface area contributed by atoms with Crippen LogP contribution in [0.1, 0.15) is 80.1 Å². The Hall–Kier alpha value is -0.530.